The smallest absolute Gasteiger partial charge is 0.126 e. The summed E-state index contributed by atoms with van der Waals surface area (Å²) in [5.74, 6) is 0.323. The predicted octanol–water partition coefficient (Wildman–Crippen LogP) is 1.99. The second-order valence-corrected chi connectivity index (χ2v) is 3.60. The van der Waals surface area contributed by atoms with Gasteiger partial charge in [0.1, 0.15) is 11.7 Å². The van der Waals surface area contributed by atoms with Gasteiger partial charge in [-0.15, -0.1) is 5.10 Å². The van der Waals surface area contributed by atoms with E-state index in [2.05, 4.69) is 10.2 Å². The van der Waals surface area contributed by atoms with Crippen molar-refractivity contribution in [2.75, 3.05) is 0 Å². The van der Waals surface area contributed by atoms with Crippen LogP contribution in [-0.4, -0.2) is 11.5 Å². The SMILES string of the molecule is Cc1ccc(C2=NN=C(N)CC2)cc1F. The van der Waals surface area contributed by atoms with Gasteiger partial charge < -0.3 is 5.73 Å². The molecule has 0 atom stereocenters. The predicted molar refractivity (Wildman–Crippen MR) is 58.5 cm³/mol. The lowest BCUT2D eigenvalue weighted by Crippen LogP contribution is -2.17. The van der Waals surface area contributed by atoms with Crippen molar-refractivity contribution in [3.8, 4) is 0 Å². The number of hydrogen-bond donors (Lipinski definition) is 1. The van der Waals surface area contributed by atoms with Gasteiger partial charge in [-0.25, -0.2) is 4.39 Å². The van der Waals surface area contributed by atoms with Gasteiger partial charge in [0.2, 0.25) is 0 Å². The van der Waals surface area contributed by atoms with Gasteiger partial charge in [0.05, 0.1) is 5.71 Å². The fraction of sp³-hybridized carbons (Fsp3) is 0.273. The molecule has 15 heavy (non-hydrogen) atoms. The Labute approximate surface area is 87.5 Å². The van der Waals surface area contributed by atoms with Crippen molar-refractivity contribution in [2.24, 2.45) is 15.9 Å². The Morgan fingerprint density at radius 1 is 1.27 bits per heavy atom. The molecule has 0 spiro atoms. The van der Waals surface area contributed by atoms with Gasteiger partial charge in [0.15, 0.2) is 0 Å². The van der Waals surface area contributed by atoms with E-state index in [1.807, 2.05) is 6.07 Å². The quantitative estimate of drug-likeness (QED) is 0.748. The van der Waals surface area contributed by atoms with E-state index in [-0.39, 0.29) is 5.82 Å². The molecule has 2 rings (SSSR count). The van der Waals surface area contributed by atoms with Crippen molar-refractivity contribution < 1.29 is 4.39 Å². The van der Waals surface area contributed by atoms with E-state index >= 15 is 0 Å². The Morgan fingerprint density at radius 2 is 2.07 bits per heavy atom. The molecule has 1 aliphatic rings. The van der Waals surface area contributed by atoms with Gasteiger partial charge >= 0.3 is 0 Å². The second kappa shape index (κ2) is 3.81. The Bertz CT molecular complexity index is 449. The molecule has 0 saturated heterocycles. The third kappa shape index (κ3) is 2.03. The summed E-state index contributed by atoms with van der Waals surface area (Å²) in [7, 11) is 0. The van der Waals surface area contributed by atoms with E-state index in [0.29, 0.717) is 17.8 Å². The Kier molecular flexibility index (Phi) is 2.49. The molecule has 2 N–H and O–H groups in total. The molecule has 3 nitrogen and oxygen atoms in total. The highest BCUT2D eigenvalue weighted by Crippen LogP contribution is 2.14. The number of nitrogens with two attached hydrogens (primary N) is 1. The maximum absolute atomic E-state index is 13.3. The molecule has 1 heterocycles. The van der Waals surface area contributed by atoms with E-state index < -0.39 is 0 Å². The maximum Gasteiger partial charge on any atom is 0.126 e. The van der Waals surface area contributed by atoms with E-state index in [0.717, 1.165) is 17.7 Å². The van der Waals surface area contributed by atoms with Gasteiger partial charge in [-0.1, -0.05) is 12.1 Å². The molecule has 0 unspecified atom stereocenters. The molecule has 1 aromatic rings. The van der Waals surface area contributed by atoms with Crippen LogP contribution in [0.15, 0.2) is 28.4 Å². The van der Waals surface area contributed by atoms with Gasteiger partial charge in [-0.2, -0.15) is 5.10 Å². The zero-order valence-electron chi connectivity index (χ0n) is 8.50. The number of amidine groups is 1. The molecular weight excluding hydrogens is 193 g/mol. The van der Waals surface area contributed by atoms with Crippen LogP contribution in [0.5, 0.6) is 0 Å². The number of rotatable bonds is 1. The van der Waals surface area contributed by atoms with Crippen LogP contribution in [0, 0.1) is 12.7 Å². The molecule has 0 bridgehead atoms. The van der Waals surface area contributed by atoms with Gasteiger partial charge in [-0.3, -0.25) is 0 Å². The Hall–Kier alpha value is -1.71. The molecule has 0 saturated carbocycles. The first-order chi connectivity index (χ1) is 7.16. The highest BCUT2D eigenvalue weighted by Gasteiger charge is 2.10. The summed E-state index contributed by atoms with van der Waals surface area (Å²) in [5, 5.41) is 7.76. The minimum Gasteiger partial charge on any atom is -0.386 e. The van der Waals surface area contributed by atoms with Crippen LogP contribution in [0.1, 0.15) is 24.0 Å². The van der Waals surface area contributed by atoms with Crippen LogP contribution in [0.25, 0.3) is 0 Å². The van der Waals surface area contributed by atoms with Gasteiger partial charge in [0, 0.05) is 12.0 Å². The van der Waals surface area contributed by atoms with E-state index in [1.165, 1.54) is 6.07 Å². The third-order valence-electron chi connectivity index (χ3n) is 2.42. The first-order valence-corrected chi connectivity index (χ1v) is 4.82. The molecule has 1 aromatic carbocycles. The molecule has 0 radical (unpaired) electrons. The Balaban J connectivity index is 2.35. The van der Waals surface area contributed by atoms with Gasteiger partial charge in [0.25, 0.3) is 0 Å². The van der Waals surface area contributed by atoms with Crippen molar-refractivity contribution >= 4 is 11.5 Å². The van der Waals surface area contributed by atoms with Gasteiger partial charge in [-0.05, 0) is 25.0 Å². The van der Waals surface area contributed by atoms with E-state index in [4.69, 9.17) is 5.73 Å². The zero-order chi connectivity index (χ0) is 10.8. The maximum atomic E-state index is 13.3. The summed E-state index contributed by atoms with van der Waals surface area (Å²) < 4.78 is 13.3. The summed E-state index contributed by atoms with van der Waals surface area (Å²) >= 11 is 0. The van der Waals surface area contributed by atoms with Crippen molar-refractivity contribution in [1.82, 2.24) is 0 Å². The van der Waals surface area contributed by atoms with Crippen molar-refractivity contribution in [3.05, 3.63) is 35.1 Å². The minimum absolute atomic E-state index is 0.210. The van der Waals surface area contributed by atoms with Crippen molar-refractivity contribution in [3.63, 3.8) is 0 Å². The van der Waals surface area contributed by atoms with Crippen LogP contribution in [0.4, 0.5) is 4.39 Å². The summed E-state index contributed by atoms with van der Waals surface area (Å²) in [4.78, 5) is 0. The fourth-order valence-electron chi connectivity index (χ4n) is 1.45. The number of aryl methyl sites for hydroxylation is 1. The normalized spacial score (nSPS) is 15.9. The van der Waals surface area contributed by atoms with Crippen LogP contribution in [0.3, 0.4) is 0 Å². The average Bonchev–Trinajstić information content (AvgIpc) is 2.23. The Morgan fingerprint density at radius 3 is 2.67 bits per heavy atom. The van der Waals surface area contributed by atoms with Crippen LogP contribution in [-0.2, 0) is 0 Å². The number of hydrogen-bond acceptors (Lipinski definition) is 3. The lowest BCUT2D eigenvalue weighted by atomic mass is 10.0. The lowest BCUT2D eigenvalue weighted by Gasteiger charge is -2.09. The number of benzene rings is 1. The molecule has 0 aromatic heterocycles. The summed E-state index contributed by atoms with van der Waals surface area (Å²) in [6, 6.07) is 5.09. The monoisotopic (exact) mass is 205 g/mol. The number of halogens is 1. The largest absolute Gasteiger partial charge is 0.386 e. The van der Waals surface area contributed by atoms with Crippen LogP contribution in [0.2, 0.25) is 0 Å². The highest BCUT2D eigenvalue weighted by atomic mass is 19.1. The third-order valence-corrected chi connectivity index (χ3v) is 2.42. The molecule has 0 fully saturated rings. The fourth-order valence-corrected chi connectivity index (χ4v) is 1.45. The first-order valence-electron chi connectivity index (χ1n) is 4.82. The zero-order valence-corrected chi connectivity index (χ0v) is 8.50. The first kappa shape index (κ1) is 9.83. The standard InChI is InChI=1S/C11H12FN3/c1-7-2-3-8(6-9(7)12)10-4-5-11(13)15-14-10/h2-3,6H,4-5H2,1H3,(H2,13,15). The van der Waals surface area contributed by atoms with Crippen LogP contribution >= 0.6 is 0 Å². The molecule has 0 aliphatic carbocycles. The second-order valence-electron chi connectivity index (χ2n) is 3.60. The lowest BCUT2D eigenvalue weighted by molar-refractivity contribution is 0.618. The molecular formula is C11H12FN3. The van der Waals surface area contributed by atoms with Crippen LogP contribution < -0.4 is 5.73 Å². The van der Waals surface area contributed by atoms with E-state index in [1.54, 1.807) is 13.0 Å². The molecule has 1 aliphatic heterocycles. The number of nitrogens with zero attached hydrogens (tertiary/aromatic N) is 2. The molecule has 0 amide bonds. The molecule has 4 heteroatoms. The molecule has 78 valence electrons. The van der Waals surface area contributed by atoms with Crippen molar-refractivity contribution in [1.29, 1.82) is 0 Å². The summed E-state index contributed by atoms with van der Waals surface area (Å²) in [5.41, 5.74) is 7.72. The highest BCUT2D eigenvalue weighted by molar-refractivity contribution is 6.04. The summed E-state index contributed by atoms with van der Waals surface area (Å²) in [6.45, 7) is 1.73. The average molecular weight is 205 g/mol. The van der Waals surface area contributed by atoms with Crippen molar-refractivity contribution in [2.45, 2.75) is 19.8 Å². The topological polar surface area (TPSA) is 50.7 Å². The minimum atomic E-state index is -0.210. The summed E-state index contributed by atoms with van der Waals surface area (Å²) in [6.07, 6.45) is 1.41. The van der Waals surface area contributed by atoms with E-state index in [9.17, 15) is 4.39 Å².